The molecule has 0 aromatic heterocycles. The Morgan fingerprint density at radius 1 is 1.22 bits per heavy atom. The molecule has 1 saturated carbocycles. The molecule has 0 unspecified atom stereocenters. The maximum Gasteiger partial charge on any atom is 0.307 e. The van der Waals surface area contributed by atoms with Crippen molar-refractivity contribution in [2.45, 2.75) is 32.6 Å². The molecule has 1 fully saturated rings. The first-order valence-electron chi connectivity index (χ1n) is 6.84. The van der Waals surface area contributed by atoms with Crippen molar-refractivity contribution in [2.24, 2.45) is 23.7 Å². The molecule has 4 nitrogen and oxygen atoms in total. The number of carbonyl (C=O) groups is 2. The lowest BCUT2D eigenvalue weighted by molar-refractivity contribution is -0.147. The van der Waals surface area contributed by atoms with E-state index in [0.717, 1.165) is 25.7 Å². The number of carboxylic acid groups (broad SMARTS) is 1. The maximum absolute atomic E-state index is 12.1. The summed E-state index contributed by atoms with van der Waals surface area (Å²) in [6.45, 7) is 2.78. The monoisotopic (exact) mass is 251 g/mol. The van der Waals surface area contributed by atoms with Gasteiger partial charge in [0.2, 0.25) is 5.91 Å². The quantitative estimate of drug-likeness (QED) is 0.559. The number of allylic oxidation sites excluding steroid dienone is 2. The van der Waals surface area contributed by atoms with Crippen molar-refractivity contribution in [3.05, 3.63) is 12.2 Å². The number of aliphatic carboxylic acids is 1. The smallest absolute Gasteiger partial charge is 0.307 e. The van der Waals surface area contributed by atoms with Crippen LogP contribution in [0.2, 0.25) is 0 Å². The van der Waals surface area contributed by atoms with E-state index in [9.17, 15) is 14.7 Å². The van der Waals surface area contributed by atoms with Crippen LogP contribution in [0.25, 0.3) is 0 Å². The lowest BCUT2D eigenvalue weighted by Crippen LogP contribution is -2.40. The van der Waals surface area contributed by atoms with E-state index in [2.05, 4.69) is 12.2 Å². The molecule has 0 aromatic rings. The Hall–Kier alpha value is -1.32. The molecule has 18 heavy (non-hydrogen) atoms. The van der Waals surface area contributed by atoms with Crippen LogP contribution in [0, 0.1) is 23.7 Å². The average molecular weight is 251 g/mol. The first-order valence-corrected chi connectivity index (χ1v) is 6.84. The van der Waals surface area contributed by atoms with Crippen LogP contribution >= 0.6 is 0 Å². The fraction of sp³-hybridized carbons (Fsp3) is 0.714. The molecular weight excluding hydrogens is 230 g/mol. The molecule has 2 rings (SSSR count). The number of nitrogens with one attached hydrogen (secondary N) is 1. The van der Waals surface area contributed by atoms with Gasteiger partial charge in [0.05, 0.1) is 11.8 Å². The van der Waals surface area contributed by atoms with Gasteiger partial charge in [-0.2, -0.15) is 0 Å². The number of carboxylic acids is 1. The SMILES string of the molecule is CCCCCNC(=O)[C@H]1[C@@H](C(=O)O)[C@H]2C=C[C@H]1C2. The third-order valence-corrected chi connectivity index (χ3v) is 4.13. The maximum atomic E-state index is 12.1. The summed E-state index contributed by atoms with van der Waals surface area (Å²) in [5, 5.41) is 12.1. The number of rotatable bonds is 6. The van der Waals surface area contributed by atoms with Gasteiger partial charge in [0.15, 0.2) is 0 Å². The van der Waals surface area contributed by atoms with Gasteiger partial charge >= 0.3 is 5.97 Å². The summed E-state index contributed by atoms with van der Waals surface area (Å²) in [5.74, 6) is -1.61. The number of hydrogen-bond donors (Lipinski definition) is 2. The summed E-state index contributed by atoms with van der Waals surface area (Å²) in [6, 6.07) is 0. The minimum absolute atomic E-state index is 0.0545. The number of fused-ring (bicyclic) bond motifs is 2. The van der Waals surface area contributed by atoms with Gasteiger partial charge in [-0.15, -0.1) is 0 Å². The fourth-order valence-corrected chi connectivity index (χ4v) is 3.22. The molecule has 0 aromatic carbocycles. The molecule has 2 aliphatic carbocycles. The minimum atomic E-state index is -0.833. The fourth-order valence-electron chi connectivity index (χ4n) is 3.22. The molecule has 0 heterocycles. The lowest BCUT2D eigenvalue weighted by atomic mass is 9.82. The molecule has 1 amide bonds. The molecule has 0 aliphatic heterocycles. The van der Waals surface area contributed by atoms with E-state index in [1.807, 2.05) is 12.2 Å². The highest BCUT2D eigenvalue weighted by molar-refractivity contribution is 5.86. The second-order valence-electron chi connectivity index (χ2n) is 5.34. The van der Waals surface area contributed by atoms with Crippen LogP contribution in [0.15, 0.2) is 12.2 Å². The zero-order valence-corrected chi connectivity index (χ0v) is 10.8. The predicted octanol–water partition coefficient (Wildman–Crippen LogP) is 1.82. The largest absolute Gasteiger partial charge is 0.481 e. The highest BCUT2D eigenvalue weighted by Gasteiger charge is 2.51. The zero-order valence-electron chi connectivity index (χ0n) is 10.8. The minimum Gasteiger partial charge on any atom is -0.481 e. The molecule has 2 aliphatic rings. The van der Waals surface area contributed by atoms with Crippen molar-refractivity contribution < 1.29 is 14.7 Å². The van der Waals surface area contributed by atoms with Gasteiger partial charge < -0.3 is 10.4 Å². The second-order valence-corrected chi connectivity index (χ2v) is 5.34. The average Bonchev–Trinajstić information content (AvgIpc) is 2.94. The van der Waals surface area contributed by atoms with Crippen molar-refractivity contribution in [3.8, 4) is 0 Å². The summed E-state index contributed by atoms with van der Waals surface area (Å²) in [5.41, 5.74) is 0. The summed E-state index contributed by atoms with van der Waals surface area (Å²) >= 11 is 0. The van der Waals surface area contributed by atoms with Crippen molar-refractivity contribution in [1.29, 1.82) is 0 Å². The van der Waals surface area contributed by atoms with Gasteiger partial charge in [0, 0.05) is 6.54 Å². The standard InChI is InChI=1S/C14H21NO3/c1-2-3-4-7-15-13(16)11-9-5-6-10(8-9)12(11)14(17)18/h5-6,9-12H,2-4,7-8H2,1H3,(H,15,16)(H,17,18)/t9-,10-,11+,12-/m0/s1. The van der Waals surface area contributed by atoms with E-state index in [4.69, 9.17) is 0 Å². The summed E-state index contributed by atoms with van der Waals surface area (Å²) in [6.07, 6.45) is 7.98. The predicted molar refractivity (Wildman–Crippen MR) is 67.9 cm³/mol. The van der Waals surface area contributed by atoms with E-state index in [0.29, 0.717) is 6.54 Å². The Balaban J connectivity index is 1.92. The summed E-state index contributed by atoms with van der Waals surface area (Å²) < 4.78 is 0. The number of carbonyl (C=O) groups excluding carboxylic acids is 1. The van der Waals surface area contributed by atoms with Crippen LogP contribution in [-0.2, 0) is 9.59 Å². The number of hydrogen-bond acceptors (Lipinski definition) is 2. The molecule has 4 heteroatoms. The molecule has 2 bridgehead atoms. The van der Waals surface area contributed by atoms with Crippen LogP contribution < -0.4 is 5.32 Å². The summed E-state index contributed by atoms with van der Waals surface area (Å²) in [7, 11) is 0. The van der Waals surface area contributed by atoms with Crippen molar-refractivity contribution in [2.75, 3.05) is 6.54 Å². The Kier molecular flexibility index (Phi) is 4.04. The highest BCUT2D eigenvalue weighted by atomic mass is 16.4. The van der Waals surface area contributed by atoms with E-state index >= 15 is 0 Å². The summed E-state index contributed by atoms with van der Waals surface area (Å²) in [4.78, 5) is 23.4. The van der Waals surface area contributed by atoms with Gasteiger partial charge in [-0.3, -0.25) is 9.59 Å². The topological polar surface area (TPSA) is 66.4 Å². The van der Waals surface area contributed by atoms with Gasteiger partial charge in [-0.05, 0) is 24.7 Å². The van der Waals surface area contributed by atoms with Gasteiger partial charge in [0.25, 0.3) is 0 Å². The third-order valence-electron chi connectivity index (χ3n) is 4.13. The van der Waals surface area contributed by atoms with Gasteiger partial charge in [0.1, 0.15) is 0 Å². The van der Waals surface area contributed by atoms with Crippen LogP contribution in [0.1, 0.15) is 32.6 Å². The van der Waals surface area contributed by atoms with E-state index in [1.54, 1.807) is 0 Å². The Morgan fingerprint density at radius 2 is 1.89 bits per heavy atom. The van der Waals surface area contributed by atoms with E-state index in [-0.39, 0.29) is 23.7 Å². The van der Waals surface area contributed by atoms with Crippen LogP contribution in [0.4, 0.5) is 0 Å². The van der Waals surface area contributed by atoms with Crippen molar-refractivity contribution in [3.63, 3.8) is 0 Å². The van der Waals surface area contributed by atoms with Crippen LogP contribution in [0.5, 0.6) is 0 Å². The normalized spacial score (nSPS) is 32.7. The molecule has 0 spiro atoms. The van der Waals surface area contributed by atoms with Crippen LogP contribution in [0.3, 0.4) is 0 Å². The van der Waals surface area contributed by atoms with Gasteiger partial charge in [-0.25, -0.2) is 0 Å². The van der Waals surface area contributed by atoms with E-state index < -0.39 is 11.9 Å². The molecule has 100 valence electrons. The highest BCUT2D eigenvalue weighted by Crippen LogP contribution is 2.48. The van der Waals surface area contributed by atoms with Gasteiger partial charge in [-0.1, -0.05) is 31.9 Å². The molecule has 0 radical (unpaired) electrons. The molecule has 0 saturated heterocycles. The number of amides is 1. The zero-order chi connectivity index (χ0) is 13.1. The lowest BCUT2D eigenvalue weighted by Gasteiger charge is -2.23. The third kappa shape index (κ3) is 2.42. The van der Waals surface area contributed by atoms with E-state index in [1.165, 1.54) is 0 Å². The Labute approximate surface area is 107 Å². The molecule has 2 N–H and O–H groups in total. The first kappa shape index (κ1) is 13.1. The van der Waals surface area contributed by atoms with Crippen LogP contribution in [-0.4, -0.2) is 23.5 Å². The Morgan fingerprint density at radius 3 is 2.50 bits per heavy atom. The molecule has 4 atom stereocenters. The Bertz CT molecular complexity index is 364. The number of unbranched alkanes of at least 4 members (excludes halogenated alkanes) is 2. The van der Waals surface area contributed by atoms with Crippen molar-refractivity contribution >= 4 is 11.9 Å². The first-order chi connectivity index (χ1) is 8.65. The molecular formula is C14H21NO3. The van der Waals surface area contributed by atoms with Crippen molar-refractivity contribution in [1.82, 2.24) is 5.32 Å². The second kappa shape index (κ2) is 5.55.